The monoisotopic (exact) mass is 342 g/mol. The van der Waals surface area contributed by atoms with Crippen molar-refractivity contribution in [3.05, 3.63) is 62.6 Å². The summed E-state index contributed by atoms with van der Waals surface area (Å²) in [4.78, 5) is 17.8. The van der Waals surface area contributed by atoms with Crippen LogP contribution in [0.1, 0.15) is 22.4 Å². The van der Waals surface area contributed by atoms with Crippen LogP contribution >= 0.6 is 22.7 Å². The average molecular weight is 342 g/mol. The largest absolute Gasteiger partial charge is 0.352 e. The van der Waals surface area contributed by atoms with E-state index in [-0.39, 0.29) is 5.91 Å². The van der Waals surface area contributed by atoms with Crippen LogP contribution in [0, 0.1) is 6.92 Å². The Balaban J connectivity index is 1.58. The van der Waals surface area contributed by atoms with E-state index in [9.17, 15) is 4.79 Å². The number of carbonyl (C=O) groups excluding carboxylic acids is 1. The Hall–Kier alpha value is -1.98. The van der Waals surface area contributed by atoms with E-state index in [1.54, 1.807) is 28.9 Å². The predicted octanol–water partition coefficient (Wildman–Crippen LogP) is 4.43. The standard InChI is InChI=1S/C18H18N2OS2/c1-13-6-10-23-16(13)4-5-17(21)20-11-14-3-2-8-19-18(14)15-7-9-22-12-15/h2-3,6-10,12H,4-5,11H2,1H3,(H,20,21). The molecule has 0 saturated heterocycles. The molecule has 0 fully saturated rings. The highest BCUT2D eigenvalue weighted by Gasteiger charge is 2.09. The number of hydrogen-bond donors (Lipinski definition) is 1. The molecule has 0 unspecified atom stereocenters. The third-order valence-electron chi connectivity index (χ3n) is 3.71. The van der Waals surface area contributed by atoms with E-state index in [0.29, 0.717) is 13.0 Å². The Morgan fingerprint density at radius 2 is 2.17 bits per heavy atom. The van der Waals surface area contributed by atoms with Crippen molar-refractivity contribution in [1.82, 2.24) is 10.3 Å². The molecule has 3 rings (SSSR count). The molecule has 3 aromatic rings. The molecule has 23 heavy (non-hydrogen) atoms. The topological polar surface area (TPSA) is 42.0 Å². The molecule has 0 radical (unpaired) electrons. The molecule has 0 spiro atoms. The summed E-state index contributed by atoms with van der Waals surface area (Å²) in [6.07, 6.45) is 3.12. The van der Waals surface area contributed by atoms with Gasteiger partial charge in [-0.1, -0.05) is 6.07 Å². The molecule has 0 atom stereocenters. The van der Waals surface area contributed by atoms with Crippen LogP contribution in [-0.2, 0) is 17.8 Å². The smallest absolute Gasteiger partial charge is 0.220 e. The lowest BCUT2D eigenvalue weighted by molar-refractivity contribution is -0.121. The molecule has 1 N–H and O–H groups in total. The molecule has 118 valence electrons. The zero-order chi connectivity index (χ0) is 16.1. The van der Waals surface area contributed by atoms with Gasteiger partial charge in [-0.2, -0.15) is 11.3 Å². The summed E-state index contributed by atoms with van der Waals surface area (Å²) in [6, 6.07) is 8.08. The van der Waals surface area contributed by atoms with Crippen LogP contribution in [0.3, 0.4) is 0 Å². The number of amides is 1. The zero-order valence-corrected chi connectivity index (χ0v) is 14.5. The number of pyridine rings is 1. The molecule has 3 heterocycles. The van der Waals surface area contributed by atoms with Gasteiger partial charge in [-0.3, -0.25) is 9.78 Å². The van der Waals surface area contributed by atoms with Crippen LogP contribution in [0.4, 0.5) is 0 Å². The summed E-state index contributed by atoms with van der Waals surface area (Å²) < 4.78 is 0. The second-order valence-corrected chi connectivity index (χ2v) is 7.11. The fraction of sp³-hybridized carbons (Fsp3) is 0.222. The van der Waals surface area contributed by atoms with E-state index in [1.165, 1.54) is 10.4 Å². The fourth-order valence-corrected chi connectivity index (χ4v) is 3.96. The number of thiophene rings is 2. The van der Waals surface area contributed by atoms with Gasteiger partial charge >= 0.3 is 0 Å². The fourth-order valence-electron chi connectivity index (χ4n) is 2.41. The van der Waals surface area contributed by atoms with Crippen molar-refractivity contribution in [2.75, 3.05) is 0 Å². The van der Waals surface area contributed by atoms with Crippen LogP contribution in [-0.4, -0.2) is 10.9 Å². The van der Waals surface area contributed by atoms with Crippen LogP contribution < -0.4 is 5.32 Å². The molecule has 0 aliphatic heterocycles. The van der Waals surface area contributed by atoms with Gasteiger partial charge in [-0.15, -0.1) is 11.3 Å². The second-order valence-electron chi connectivity index (χ2n) is 5.33. The third-order valence-corrected chi connectivity index (χ3v) is 5.48. The number of nitrogens with one attached hydrogen (secondary N) is 1. The number of hydrogen-bond acceptors (Lipinski definition) is 4. The lowest BCUT2D eigenvalue weighted by atomic mass is 10.1. The minimum absolute atomic E-state index is 0.0814. The molecule has 0 aliphatic carbocycles. The summed E-state index contributed by atoms with van der Waals surface area (Å²) in [5.41, 5.74) is 4.37. The quantitative estimate of drug-likeness (QED) is 0.720. The Kier molecular flexibility index (Phi) is 5.20. The molecule has 0 saturated carbocycles. The normalized spacial score (nSPS) is 10.7. The van der Waals surface area contributed by atoms with Crippen LogP contribution in [0.25, 0.3) is 11.3 Å². The van der Waals surface area contributed by atoms with E-state index >= 15 is 0 Å². The van der Waals surface area contributed by atoms with Crippen molar-refractivity contribution >= 4 is 28.6 Å². The van der Waals surface area contributed by atoms with Gasteiger partial charge in [0.25, 0.3) is 0 Å². The minimum Gasteiger partial charge on any atom is -0.352 e. The molecule has 3 nitrogen and oxygen atoms in total. The average Bonchev–Trinajstić information content (AvgIpc) is 3.23. The SMILES string of the molecule is Cc1ccsc1CCC(=O)NCc1cccnc1-c1ccsc1. The maximum Gasteiger partial charge on any atom is 0.220 e. The first-order chi connectivity index (χ1) is 11.2. The van der Waals surface area contributed by atoms with E-state index in [1.807, 2.05) is 17.5 Å². The Morgan fingerprint density at radius 1 is 1.26 bits per heavy atom. The van der Waals surface area contributed by atoms with E-state index < -0.39 is 0 Å². The molecular formula is C18H18N2OS2. The minimum atomic E-state index is 0.0814. The molecule has 5 heteroatoms. The third kappa shape index (κ3) is 4.06. The zero-order valence-electron chi connectivity index (χ0n) is 12.9. The van der Waals surface area contributed by atoms with Crippen LogP contribution in [0.15, 0.2) is 46.6 Å². The van der Waals surface area contributed by atoms with Crippen molar-refractivity contribution in [2.24, 2.45) is 0 Å². The lowest BCUT2D eigenvalue weighted by Gasteiger charge is -2.09. The van der Waals surface area contributed by atoms with Crippen molar-refractivity contribution in [2.45, 2.75) is 26.3 Å². The van der Waals surface area contributed by atoms with Gasteiger partial charge in [0.2, 0.25) is 5.91 Å². The molecule has 0 bridgehead atoms. The summed E-state index contributed by atoms with van der Waals surface area (Å²) in [6.45, 7) is 2.60. The first-order valence-corrected chi connectivity index (χ1v) is 9.32. The second kappa shape index (κ2) is 7.53. The van der Waals surface area contributed by atoms with E-state index in [2.05, 4.69) is 40.1 Å². The van der Waals surface area contributed by atoms with Crippen molar-refractivity contribution < 1.29 is 4.79 Å². The summed E-state index contributed by atoms with van der Waals surface area (Å²) in [5.74, 6) is 0.0814. The summed E-state index contributed by atoms with van der Waals surface area (Å²) in [7, 11) is 0. The number of carbonyl (C=O) groups is 1. The van der Waals surface area contributed by atoms with Gasteiger partial charge in [0.05, 0.1) is 5.69 Å². The van der Waals surface area contributed by atoms with Crippen molar-refractivity contribution in [1.29, 1.82) is 0 Å². The van der Waals surface area contributed by atoms with Gasteiger partial charge in [0, 0.05) is 35.0 Å². The first kappa shape index (κ1) is 15.9. The highest BCUT2D eigenvalue weighted by atomic mass is 32.1. The van der Waals surface area contributed by atoms with Crippen molar-refractivity contribution in [3.8, 4) is 11.3 Å². The number of rotatable bonds is 6. The van der Waals surface area contributed by atoms with Crippen LogP contribution in [0.5, 0.6) is 0 Å². The van der Waals surface area contributed by atoms with Crippen LogP contribution in [0.2, 0.25) is 0 Å². The molecule has 0 aromatic carbocycles. The molecule has 1 amide bonds. The molecular weight excluding hydrogens is 324 g/mol. The summed E-state index contributed by atoms with van der Waals surface area (Å²) >= 11 is 3.37. The highest BCUT2D eigenvalue weighted by molar-refractivity contribution is 7.10. The maximum atomic E-state index is 12.1. The highest BCUT2D eigenvalue weighted by Crippen LogP contribution is 2.23. The molecule has 3 aromatic heterocycles. The van der Waals surface area contributed by atoms with Gasteiger partial charge in [-0.25, -0.2) is 0 Å². The molecule has 0 aliphatic rings. The van der Waals surface area contributed by atoms with Gasteiger partial charge in [0.1, 0.15) is 0 Å². The van der Waals surface area contributed by atoms with Gasteiger partial charge in [0.15, 0.2) is 0 Å². The Labute approximate surface area is 144 Å². The van der Waals surface area contributed by atoms with Gasteiger partial charge < -0.3 is 5.32 Å². The Bertz CT molecular complexity index is 778. The first-order valence-electron chi connectivity index (χ1n) is 7.50. The van der Waals surface area contributed by atoms with E-state index in [4.69, 9.17) is 0 Å². The van der Waals surface area contributed by atoms with E-state index in [0.717, 1.165) is 23.2 Å². The number of aromatic nitrogens is 1. The number of aryl methyl sites for hydroxylation is 2. The van der Waals surface area contributed by atoms with Gasteiger partial charge in [-0.05, 0) is 53.4 Å². The lowest BCUT2D eigenvalue weighted by Crippen LogP contribution is -2.23. The Morgan fingerprint density at radius 3 is 2.91 bits per heavy atom. The number of nitrogens with zero attached hydrogens (tertiary/aromatic N) is 1. The predicted molar refractivity (Wildman–Crippen MR) is 96.8 cm³/mol. The maximum absolute atomic E-state index is 12.1. The summed E-state index contributed by atoms with van der Waals surface area (Å²) in [5, 5.41) is 9.20. The van der Waals surface area contributed by atoms with Crippen molar-refractivity contribution in [3.63, 3.8) is 0 Å².